The Morgan fingerprint density at radius 3 is 2.58 bits per heavy atom. The summed E-state index contributed by atoms with van der Waals surface area (Å²) in [5.41, 5.74) is 4.76. The van der Waals surface area contributed by atoms with Gasteiger partial charge >= 0.3 is 5.97 Å². The predicted octanol–water partition coefficient (Wildman–Crippen LogP) is 2.90. The van der Waals surface area contributed by atoms with E-state index in [1.165, 1.54) is 0 Å². The van der Waals surface area contributed by atoms with E-state index in [1.54, 1.807) is 6.08 Å². The Bertz CT molecular complexity index is 654. The summed E-state index contributed by atoms with van der Waals surface area (Å²) >= 11 is 0. The van der Waals surface area contributed by atoms with Crippen LogP contribution >= 0.6 is 0 Å². The van der Waals surface area contributed by atoms with Gasteiger partial charge in [0.1, 0.15) is 0 Å². The minimum atomic E-state index is -0.958. The average Bonchev–Trinajstić information content (AvgIpc) is 2.66. The number of nitrogens with zero attached hydrogens (tertiary/aromatic N) is 2. The summed E-state index contributed by atoms with van der Waals surface area (Å²) < 4.78 is 1.83. The summed E-state index contributed by atoms with van der Waals surface area (Å²) in [6.07, 6.45) is 2.74. The molecule has 0 aliphatic carbocycles. The normalized spacial score (nSPS) is 11.1. The zero-order chi connectivity index (χ0) is 14.0. The topological polar surface area (TPSA) is 55.1 Å². The van der Waals surface area contributed by atoms with Gasteiger partial charge in [0.15, 0.2) is 0 Å². The number of aryl methyl sites for hydroxylation is 3. The number of hydrogen-bond acceptors (Lipinski definition) is 2. The summed E-state index contributed by atoms with van der Waals surface area (Å²) in [5.74, 6) is -0.958. The minimum Gasteiger partial charge on any atom is -0.478 e. The molecular weight excluding hydrogens is 240 g/mol. The van der Waals surface area contributed by atoms with Gasteiger partial charge in [0.25, 0.3) is 0 Å². The van der Waals surface area contributed by atoms with Gasteiger partial charge in [0, 0.05) is 17.3 Å². The summed E-state index contributed by atoms with van der Waals surface area (Å²) in [4.78, 5) is 10.7. The van der Waals surface area contributed by atoms with E-state index in [0.29, 0.717) is 0 Å². The van der Waals surface area contributed by atoms with Gasteiger partial charge in [-0.25, -0.2) is 9.48 Å². The van der Waals surface area contributed by atoms with E-state index in [-0.39, 0.29) is 0 Å². The SMILES string of the molecule is Cc1ccc(-n2nc(C)cc2C)c(/C=C/C(=O)O)c1. The highest BCUT2D eigenvalue weighted by Gasteiger charge is 2.07. The lowest BCUT2D eigenvalue weighted by Gasteiger charge is -2.09. The third-order valence-electron chi connectivity index (χ3n) is 2.83. The van der Waals surface area contributed by atoms with E-state index in [1.807, 2.05) is 49.7 Å². The molecule has 1 aromatic heterocycles. The van der Waals surface area contributed by atoms with Gasteiger partial charge in [-0.3, -0.25) is 0 Å². The van der Waals surface area contributed by atoms with Crippen molar-refractivity contribution in [1.82, 2.24) is 9.78 Å². The Hall–Kier alpha value is -2.36. The maximum atomic E-state index is 10.7. The molecule has 0 radical (unpaired) electrons. The first kappa shape index (κ1) is 13.1. The number of hydrogen-bond donors (Lipinski definition) is 1. The van der Waals surface area contributed by atoms with Gasteiger partial charge in [-0.15, -0.1) is 0 Å². The number of aliphatic carboxylic acids is 1. The Kier molecular flexibility index (Phi) is 3.51. The molecule has 2 aromatic rings. The zero-order valence-electron chi connectivity index (χ0n) is 11.2. The summed E-state index contributed by atoms with van der Waals surface area (Å²) in [5, 5.41) is 13.2. The van der Waals surface area contributed by atoms with Crippen molar-refractivity contribution in [3.63, 3.8) is 0 Å². The van der Waals surface area contributed by atoms with Crippen LogP contribution in [-0.2, 0) is 4.79 Å². The van der Waals surface area contributed by atoms with Crippen LogP contribution in [0.15, 0.2) is 30.3 Å². The van der Waals surface area contributed by atoms with Gasteiger partial charge in [-0.05, 0) is 45.0 Å². The molecule has 0 saturated heterocycles. The molecule has 0 atom stereocenters. The monoisotopic (exact) mass is 256 g/mol. The largest absolute Gasteiger partial charge is 0.478 e. The molecule has 0 fully saturated rings. The fourth-order valence-electron chi connectivity index (χ4n) is 2.03. The van der Waals surface area contributed by atoms with Crippen molar-refractivity contribution >= 4 is 12.0 Å². The molecule has 98 valence electrons. The molecule has 0 amide bonds. The molecule has 2 rings (SSSR count). The van der Waals surface area contributed by atoms with Gasteiger partial charge in [-0.2, -0.15) is 5.10 Å². The third kappa shape index (κ3) is 2.91. The standard InChI is InChI=1S/C15H16N2O2/c1-10-4-6-14(13(8-10)5-7-15(18)19)17-12(3)9-11(2)16-17/h4-9H,1-3H3,(H,18,19)/b7-5+. The molecule has 1 N–H and O–H groups in total. The van der Waals surface area contributed by atoms with Crippen LogP contribution in [0.4, 0.5) is 0 Å². The maximum absolute atomic E-state index is 10.7. The Morgan fingerprint density at radius 2 is 2.00 bits per heavy atom. The van der Waals surface area contributed by atoms with Crippen LogP contribution in [0.3, 0.4) is 0 Å². The van der Waals surface area contributed by atoms with E-state index in [9.17, 15) is 4.79 Å². The first-order chi connectivity index (χ1) is 8.97. The second-order valence-electron chi connectivity index (χ2n) is 4.57. The van der Waals surface area contributed by atoms with Crippen LogP contribution < -0.4 is 0 Å². The second-order valence-corrected chi connectivity index (χ2v) is 4.57. The van der Waals surface area contributed by atoms with Crippen molar-refractivity contribution in [2.75, 3.05) is 0 Å². The lowest BCUT2D eigenvalue weighted by Crippen LogP contribution is -2.02. The number of rotatable bonds is 3. The first-order valence-corrected chi connectivity index (χ1v) is 6.02. The van der Waals surface area contributed by atoms with Gasteiger partial charge in [0.2, 0.25) is 0 Å². The predicted molar refractivity (Wildman–Crippen MR) is 74.4 cm³/mol. The molecule has 0 aliphatic rings. The van der Waals surface area contributed by atoms with Crippen molar-refractivity contribution in [3.05, 3.63) is 52.9 Å². The van der Waals surface area contributed by atoms with E-state index >= 15 is 0 Å². The van der Waals surface area contributed by atoms with Crippen LogP contribution in [0.1, 0.15) is 22.5 Å². The number of benzene rings is 1. The molecule has 4 nitrogen and oxygen atoms in total. The quantitative estimate of drug-likeness (QED) is 0.859. The van der Waals surface area contributed by atoms with Crippen molar-refractivity contribution in [2.45, 2.75) is 20.8 Å². The fourth-order valence-corrected chi connectivity index (χ4v) is 2.03. The molecule has 0 spiro atoms. The molecule has 19 heavy (non-hydrogen) atoms. The Morgan fingerprint density at radius 1 is 1.26 bits per heavy atom. The van der Waals surface area contributed by atoms with Gasteiger partial charge in [-0.1, -0.05) is 11.6 Å². The molecule has 1 aromatic carbocycles. The fraction of sp³-hybridized carbons (Fsp3) is 0.200. The van der Waals surface area contributed by atoms with Crippen LogP contribution in [0, 0.1) is 20.8 Å². The van der Waals surface area contributed by atoms with Crippen molar-refractivity contribution in [1.29, 1.82) is 0 Å². The van der Waals surface area contributed by atoms with Crippen LogP contribution in [-0.4, -0.2) is 20.9 Å². The molecule has 1 heterocycles. The van der Waals surface area contributed by atoms with Crippen molar-refractivity contribution in [2.24, 2.45) is 0 Å². The lowest BCUT2D eigenvalue weighted by molar-refractivity contribution is -0.131. The van der Waals surface area contributed by atoms with Gasteiger partial charge < -0.3 is 5.11 Å². The third-order valence-corrected chi connectivity index (χ3v) is 2.83. The van der Waals surface area contributed by atoms with E-state index in [2.05, 4.69) is 5.10 Å². The van der Waals surface area contributed by atoms with Crippen LogP contribution in [0.2, 0.25) is 0 Å². The van der Waals surface area contributed by atoms with Crippen LogP contribution in [0.5, 0.6) is 0 Å². The summed E-state index contributed by atoms with van der Waals surface area (Å²) in [6, 6.07) is 7.88. The molecule has 0 unspecified atom stereocenters. The maximum Gasteiger partial charge on any atom is 0.328 e. The molecule has 0 bridgehead atoms. The Labute approximate surface area is 112 Å². The number of carboxylic acids is 1. The Balaban J connectivity index is 2.57. The van der Waals surface area contributed by atoms with Gasteiger partial charge in [0.05, 0.1) is 11.4 Å². The first-order valence-electron chi connectivity index (χ1n) is 6.02. The van der Waals surface area contributed by atoms with Crippen molar-refractivity contribution in [3.8, 4) is 5.69 Å². The summed E-state index contributed by atoms with van der Waals surface area (Å²) in [6.45, 7) is 5.89. The zero-order valence-corrected chi connectivity index (χ0v) is 11.2. The highest BCUT2D eigenvalue weighted by atomic mass is 16.4. The van der Waals surface area contributed by atoms with Crippen LogP contribution in [0.25, 0.3) is 11.8 Å². The van der Waals surface area contributed by atoms with E-state index in [0.717, 1.165) is 34.3 Å². The number of aromatic nitrogens is 2. The summed E-state index contributed by atoms with van der Waals surface area (Å²) in [7, 11) is 0. The minimum absolute atomic E-state index is 0.841. The molecule has 0 saturated carbocycles. The molecule has 0 aliphatic heterocycles. The molecular formula is C15H16N2O2. The highest BCUT2D eigenvalue weighted by Crippen LogP contribution is 2.20. The van der Waals surface area contributed by atoms with E-state index < -0.39 is 5.97 Å². The lowest BCUT2D eigenvalue weighted by atomic mass is 10.1. The smallest absolute Gasteiger partial charge is 0.328 e. The second kappa shape index (κ2) is 5.10. The number of carboxylic acid groups (broad SMARTS) is 1. The highest BCUT2D eigenvalue weighted by molar-refractivity contribution is 5.86. The van der Waals surface area contributed by atoms with Crippen molar-refractivity contribution < 1.29 is 9.90 Å². The average molecular weight is 256 g/mol. The number of carbonyl (C=O) groups is 1. The van der Waals surface area contributed by atoms with E-state index in [4.69, 9.17) is 5.11 Å². The molecule has 4 heteroatoms.